The van der Waals surface area contributed by atoms with Crippen LogP contribution in [0.5, 0.6) is 0 Å². The predicted molar refractivity (Wildman–Crippen MR) is 120 cm³/mol. The molecule has 0 aliphatic carbocycles. The highest BCUT2D eigenvalue weighted by atomic mass is 32.1. The van der Waals surface area contributed by atoms with Crippen molar-refractivity contribution >= 4 is 29.5 Å². The van der Waals surface area contributed by atoms with E-state index < -0.39 is 0 Å². The van der Waals surface area contributed by atoms with Gasteiger partial charge in [-0.3, -0.25) is 19.4 Å². The predicted octanol–water partition coefficient (Wildman–Crippen LogP) is 3.17. The number of nitrogens with one attached hydrogen (secondary N) is 2. The number of aryl methyl sites for hydroxylation is 1. The van der Waals surface area contributed by atoms with Gasteiger partial charge in [0.05, 0.1) is 19.3 Å². The highest BCUT2D eigenvalue weighted by molar-refractivity contribution is 7.71. The van der Waals surface area contributed by atoms with Crippen LogP contribution in [-0.4, -0.2) is 58.4 Å². The van der Waals surface area contributed by atoms with Crippen LogP contribution in [-0.2, 0) is 16.1 Å². The Kier molecular flexibility index (Phi) is 6.73. The molecule has 3 aromatic rings. The van der Waals surface area contributed by atoms with Crippen molar-refractivity contribution in [3.63, 3.8) is 0 Å². The summed E-state index contributed by atoms with van der Waals surface area (Å²) >= 11 is 7.08. The summed E-state index contributed by atoms with van der Waals surface area (Å²) in [7, 11) is 0. The van der Waals surface area contributed by atoms with Crippen LogP contribution in [0.25, 0.3) is 11.4 Å². The van der Waals surface area contributed by atoms with Gasteiger partial charge in [0, 0.05) is 30.1 Å². The Balaban J connectivity index is 1.45. The van der Waals surface area contributed by atoms with Gasteiger partial charge in [-0.2, -0.15) is 5.10 Å². The maximum absolute atomic E-state index is 12.8. The molecular weight excluding hydrogens is 418 g/mol. The van der Waals surface area contributed by atoms with E-state index in [4.69, 9.17) is 17.0 Å². The minimum Gasteiger partial charge on any atom is -0.379 e. The Labute approximate surface area is 184 Å². The molecule has 1 unspecified atom stereocenters. The molecule has 3 heterocycles. The van der Waals surface area contributed by atoms with E-state index in [2.05, 4.69) is 31.9 Å². The van der Waals surface area contributed by atoms with Gasteiger partial charge in [0.1, 0.15) is 6.54 Å². The van der Waals surface area contributed by atoms with Gasteiger partial charge < -0.3 is 10.1 Å². The molecular formula is C21H25N5O2S2. The topological polar surface area (TPSA) is 75.2 Å². The number of aromatic nitrogens is 3. The molecule has 1 saturated heterocycles. The van der Waals surface area contributed by atoms with Crippen LogP contribution in [0.1, 0.15) is 16.5 Å². The number of morpholine rings is 1. The van der Waals surface area contributed by atoms with Gasteiger partial charge in [0.15, 0.2) is 10.6 Å². The fourth-order valence-corrected chi connectivity index (χ4v) is 4.63. The first-order valence-electron chi connectivity index (χ1n) is 9.96. The van der Waals surface area contributed by atoms with Crippen molar-refractivity contribution in [2.45, 2.75) is 19.5 Å². The Morgan fingerprint density at radius 1 is 1.30 bits per heavy atom. The third kappa shape index (κ3) is 4.86. The molecule has 1 atom stereocenters. The standard InChI is InChI=1S/C21H25N5O2S2/c1-15-4-6-16(7-5-15)20-23-24-21(29)26(20)14-19(27)22-13-17(18-3-2-12-30-18)25-8-10-28-11-9-25/h2-7,12,17H,8-11,13-14H2,1H3,(H,22,27)(H,24,29). The van der Waals surface area contributed by atoms with E-state index in [0.717, 1.165) is 31.9 Å². The highest BCUT2D eigenvalue weighted by Crippen LogP contribution is 2.25. The molecule has 0 radical (unpaired) electrons. The molecule has 0 bridgehead atoms. The first-order valence-corrected chi connectivity index (χ1v) is 11.2. The first kappa shape index (κ1) is 20.9. The lowest BCUT2D eigenvalue weighted by Gasteiger charge is -2.34. The molecule has 2 aromatic heterocycles. The normalized spacial score (nSPS) is 15.8. The van der Waals surface area contributed by atoms with Crippen LogP contribution in [0, 0.1) is 11.7 Å². The van der Waals surface area contributed by atoms with E-state index in [1.807, 2.05) is 37.3 Å². The average molecular weight is 444 g/mol. The molecule has 30 heavy (non-hydrogen) atoms. The molecule has 1 fully saturated rings. The van der Waals surface area contributed by atoms with E-state index >= 15 is 0 Å². The number of hydrogen-bond donors (Lipinski definition) is 2. The molecule has 158 valence electrons. The van der Waals surface area contributed by atoms with E-state index in [1.165, 1.54) is 10.4 Å². The summed E-state index contributed by atoms with van der Waals surface area (Å²) in [6.45, 7) is 5.88. The van der Waals surface area contributed by atoms with Crippen molar-refractivity contribution < 1.29 is 9.53 Å². The molecule has 1 aliphatic rings. The van der Waals surface area contributed by atoms with Gasteiger partial charge in [0.2, 0.25) is 5.91 Å². The number of rotatable bonds is 7. The van der Waals surface area contributed by atoms with Gasteiger partial charge in [0.25, 0.3) is 0 Å². The number of nitrogens with zero attached hydrogens (tertiary/aromatic N) is 3. The van der Waals surface area contributed by atoms with Crippen molar-refractivity contribution in [1.82, 2.24) is 25.0 Å². The van der Waals surface area contributed by atoms with E-state index in [1.54, 1.807) is 15.9 Å². The lowest BCUT2D eigenvalue weighted by atomic mass is 10.1. The molecule has 4 rings (SSSR count). The number of H-pyrrole nitrogens is 1. The second kappa shape index (κ2) is 9.65. The fourth-order valence-electron chi connectivity index (χ4n) is 3.58. The number of thiophene rings is 1. The van der Waals surface area contributed by atoms with Crippen LogP contribution < -0.4 is 5.32 Å². The van der Waals surface area contributed by atoms with Gasteiger partial charge in [-0.05, 0) is 30.6 Å². The van der Waals surface area contributed by atoms with Gasteiger partial charge in [-0.1, -0.05) is 35.9 Å². The van der Waals surface area contributed by atoms with Crippen LogP contribution in [0.4, 0.5) is 0 Å². The van der Waals surface area contributed by atoms with Gasteiger partial charge in [-0.15, -0.1) is 11.3 Å². The summed E-state index contributed by atoms with van der Waals surface area (Å²) < 4.78 is 7.66. The molecule has 0 saturated carbocycles. The summed E-state index contributed by atoms with van der Waals surface area (Å²) in [5, 5.41) is 12.3. The highest BCUT2D eigenvalue weighted by Gasteiger charge is 2.24. The quantitative estimate of drug-likeness (QED) is 0.549. The number of hydrogen-bond acceptors (Lipinski definition) is 6. The second-order valence-corrected chi connectivity index (χ2v) is 8.65. The Morgan fingerprint density at radius 3 is 2.77 bits per heavy atom. The zero-order valence-electron chi connectivity index (χ0n) is 16.8. The van der Waals surface area contributed by atoms with E-state index in [0.29, 0.717) is 17.1 Å². The summed E-state index contributed by atoms with van der Waals surface area (Å²) in [4.78, 5) is 16.4. The van der Waals surface area contributed by atoms with E-state index in [-0.39, 0.29) is 18.5 Å². The third-order valence-electron chi connectivity index (χ3n) is 5.22. The van der Waals surface area contributed by atoms with Gasteiger partial charge >= 0.3 is 0 Å². The summed E-state index contributed by atoms with van der Waals surface area (Å²) in [6, 6.07) is 12.3. The molecule has 2 N–H and O–H groups in total. The number of benzene rings is 1. The zero-order chi connectivity index (χ0) is 20.9. The fraction of sp³-hybridized carbons (Fsp3) is 0.381. The lowest BCUT2D eigenvalue weighted by molar-refractivity contribution is -0.122. The smallest absolute Gasteiger partial charge is 0.240 e. The molecule has 0 spiro atoms. The third-order valence-corrected chi connectivity index (χ3v) is 6.51. The number of carbonyl (C=O) groups excluding carboxylic acids is 1. The Hall–Kier alpha value is -2.33. The minimum atomic E-state index is -0.0873. The molecule has 7 nitrogen and oxygen atoms in total. The largest absolute Gasteiger partial charge is 0.379 e. The first-order chi connectivity index (χ1) is 14.6. The number of aromatic amines is 1. The monoisotopic (exact) mass is 443 g/mol. The summed E-state index contributed by atoms with van der Waals surface area (Å²) in [5.74, 6) is 0.578. The summed E-state index contributed by atoms with van der Waals surface area (Å²) in [6.07, 6.45) is 0. The summed E-state index contributed by atoms with van der Waals surface area (Å²) in [5.41, 5.74) is 2.09. The second-order valence-electron chi connectivity index (χ2n) is 7.29. The minimum absolute atomic E-state index is 0.0873. The Morgan fingerprint density at radius 2 is 2.07 bits per heavy atom. The molecule has 1 aliphatic heterocycles. The van der Waals surface area contributed by atoms with Gasteiger partial charge in [-0.25, -0.2) is 0 Å². The lowest BCUT2D eigenvalue weighted by Crippen LogP contribution is -2.44. The molecule has 1 aromatic carbocycles. The van der Waals surface area contributed by atoms with Crippen LogP contribution in [0.3, 0.4) is 0 Å². The van der Waals surface area contributed by atoms with Crippen LogP contribution in [0.15, 0.2) is 41.8 Å². The average Bonchev–Trinajstić information content (AvgIpc) is 3.41. The van der Waals surface area contributed by atoms with Crippen molar-refractivity contribution in [2.75, 3.05) is 32.8 Å². The van der Waals surface area contributed by atoms with Crippen molar-refractivity contribution in [3.8, 4) is 11.4 Å². The van der Waals surface area contributed by atoms with Crippen molar-refractivity contribution in [3.05, 3.63) is 57.0 Å². The number of carbonyl (C=O) groups is 1. The maximum Gasteiger partial charge on any atom is 0.240 e. The molecule has 9 heteroatoms. The zero-order valence-corrected chi connectivity index (χ0v) is 18.5. The van der Waals surface area contributed by atoms with Crippen LogP contribution in [0.2, 0.25) is 0 Å². The van der Waals surface area contributed by atoms with Crippen molar-refractivity contribution in [2.24, 2.45) is 0 Å². The number of amides is 1. The van der Waals surface area contributed by atoms with E-state index in [9.17, 15) is 4.79 Å². The SMILES string of the molecule is Cc1ccc(-c2n[nH]c(=S)n2CC(=O)NCC(c2cccs2)N2CCOCC2)cc1. The molecule has 1 amide bonds. The van der Waals surface area contributed by atoms with Crippen molar-refractivity contribution in [1.29, 1.82) is 0 Å². The van der Waals surface area contributed by atoms with Crippen LogP contribution >= 0.6 is 23.6 Å². The Bertz CT molecular complexity index is 1020. The number of ether oxygens (including phenoxy) is 1. The maximum atomic E-state index is 12.8.